The molecule has 1 N–H and O–H groups in total. The number of carbonyl (C=O) groups is 3. The molecular weight excluding hydrogens is 603 g/mol. The fourth-order valence-corrected chi connectivity index (χ4v) is 4.63. The smallest absolute Gasteiger partial charge is 0.294 e. The fourth-order valence-electron chi connectivity index (χ4n) is 3.16. The maximum Gasteiger partial charge on any atom is 0.294 e. The van der Waals surface area contributed by atoms with Crippen LogP contribution in [0.2, 0.25) is 0 Å². The number of ether oxygens (including phenoxy) is 1. The van der Waals surface area contributed by atoms with Crippen molar-refractivity contribution in [2.45, 2.75) is 6.61 Å². The Kier molecular flexibility index (Phi) is 8.04. The van der Waals surface area contributed by atoms with Gasteiger partial charge in [0.15, 0.2) is 0 Å². The zero-order chi connectivity index (χ0) is 24.9. The van der Waals surface area contributed by atoms with Gasteiger partial charge in [-0.1, -0.05) is 44.0 Å². The number of nitrogens with one attached hydrogen (secondary N) is 1. The number of halogens is 3. The Morgan fingerprint density at radius 2 is 1.69 bits per heavy atom. The molecule has 0 radical (unpaired) electrons. The summed E-state index contributed by atoms with van der Waals surface area (Å²) in [5, 5.41) is 1.99. The van der Waals surface area contributed by atoms with E-state index in [4.69, 9.17) is 4.74 Å². The minimum absolute atomic E-state index is 0.177. The number of rotatable bonds is 7. The first kappa shape index (κ1) is 25.2. The van der Waals surface area contributed by atoms with E-state index in [0.717, 1.165) is 31.2 Å². The highest BCUT2D eigenvalue weighted by molar-refractivity contribution is 9.10. The predicted molar refractivity (Wildman–Crippen MR) is 140 cm³/mol. The van der Waals surface area contributed by atoms with Crippen LogP contribution in [-0.2, 0) is 16.2 Å². The minimum Gasteiger partial charge on any atom is -0.488 e. The van der Waals surface area contributed by atoms with E-state index < -0.39 is 29.4 Å². The molecule has 0 atom stereocenters. The van der Waals surface area contributed by atoms with Crippen molar-refractivity contribution < 1.29 is 23.5 Å². The van der Waals surface area contributed by atoms with Gasteiger partial charge in [0, 0.05) is 20.2 Å². The molecule has 0 unspecified atom stereocenters. The van der Waals surface area contributed by atoms with Crippen molar-refractivity contribution in [2.24, 2.45) is 0 Å². The van der Waals surface area contributed by atoms with E-state index in [1.54, 1.807) is 18.2 Å². The zero-order valence-electron chi connectivity index (χ0n) is 18.0. The fraction of sp³-hybridized carbons (Fsp3) is 0.0800. The lowest BCUT2D eigenvalue weighted by Crippen LogP contribution is -2.36. The summed E-state index contributed by atoms with van der Waals surface area (Å²) in [4.78, 5) is 38.7. The first-order chi connectivity index (χ1) is 16.8. The van der Waals surface area contributed by atoms with Crippen LogP contribution in [0.15, 0.2) is 80.6 Å². The van der Waals surface area contributed by atoms with E-state index in [-0.39, 0.29) is 4.91 Å². The third-order valence-electron chi connectivity index (χ3n) is 4.87. The second-order valence-electron chi connectivity index (χ2n) is 7.42. The summed E-state index contributed by atoms with van der Waals surface area (Å²) in [5.74, 6) is -1.04. The molecule has 3 amide bonds. The van der Waals surface area contributed by atoms with Crippen molar-refractivity contribution in [1.82, 2.24) is 4.90 Å². The second-order valence-corrected chi connectivity index (χ2v) is 10.2. The molecule has 0 spiro atoms. The van der Waals surface area contributed by atoms with E-state index in [2.05, 4.69) is 37.2 Å². The van der Waals surface area contributed by atoms with Crippen LogP contribution in [0.5, 0.6) is 5.75 Å². The first-order valence-electron chi connectivity index (χ1n) is 10.3. The molecule has 1 heterocycles. The average Bonchev–Trinajstić information content (AvgIpc) is 3.08. The van der Waals surface area contributed by atoms with Crippen LogP contribution < -0.4 is 10.1 Å². The Balaban J connectivity index is 1.47. The van der Waals surface area contributed by atoms with Gasteiger partial charge in [-0.15, -0.1) is 0 Å². The molecule has 1 saturated heterocycles. The van der Waals surface area contributed by atoms with Gasteiger partial charge < -0.3 is 10.1 Å². The van der Waals surface area contributed by atoms with E-state index in [1.165, 1.54) is 24.3 Å². The molecule has 3 aromatic carbocycles. The molecule has 0 bridgehead atoms. The number of amides is 3. The maximum absolute atomic E-state index is 13.0. The van der Waals surface area contributed by atoms with Crippen LogP contribution in [0, 0.1) is 5.82 Å². The highest BCUT2D eigenvalue weighted by Gasteiger charge is 2.36. The van der Waals surface area contributed by atoms with Crippen molar-refractivity contribution in [1.29, 1.82) is 0 Å². The SMILES string of the molecule is O=C(CN1C(=O)S/C(=C\c2cc(Br)ccc2OCc2ccc(Br)cc2)C1=O)Nc1ccc(F)cc1. The van der Waals surface area contributed by atoms with Gasteiger partial charge in [0.25, 0.3) is 11.1 Å². The Morgan fingerprint density at radius 1 is 1.00 bits per heavy atom. The topological polar surface area (TPSA) is 75.7 Å². The van der Waals surface area contributed by atoms with Crippen molar-refractivity contribution in [3.8, 4) is 5.75 Å². The highest BCUT2D eigenvalue weighted by atomic mass is 79.9. The normalized spacial score (nSPS) is 14.5. The number of carbonyl (C=O) groups excluding carboxylic acids is 3. The number of hydrogen-bond acceptors (Lipinski definition) is 5. The van der Waals surface area contributed by atoms with Gasteiger partial charge in [0.05, 0.1) is 4.91 Å². The standard InChI is InChI=1S/C25H17Br2FN2O4S/c26-17-3-1-15(2-4-17)14-34-21-10-5-18(27)11-16(21)12-22-24(32)30(25(33)35-22)13-23(31)29-20-8-6-19(28)7-9-20/h1-12H,13-14H2,(H,29,31)/b22-12-. The molecular formula is C25H17Br2FN2O4S. The minimum atomic E-state index is -0.576. The molecule has 1 fully saturated rings. The first-order valence-corrected chi connectivity index (χ1v) is 12.7. The van der Waals surface area contributed by atoms with Crippen LogP contribution in [0.1, 0.15) is 11.1 Å². The van der Waals surface area contributed by atoms with Crippen molar-refractivity contribution in [3.63, 3.8) is 0 Å². The van der Waals surface area contributed by atoms with Crippen LogP contribution in [0.4, 0.5) is 14.9 Å². The van der Waals surface area contributed by atoms with Crippen LogP contribution in [0.25, 0.3) is 6.08 Å². The monoisotopic (exact) mass is 618 g/mol. The lowest BCUT2D eigenvalue weighted by molar-refractivity contribution is -0.127. The molecule has 0 aliphatic carbocycles. The van der Waals surface area contributed by atoms with E-state index in [9.17, 15) is 18.8 Å². The van der Waals surface area contributed by atoms with E-state index in [1.807, 2.05) is 30.3 Å². The molecule has 1 aliphatic heterocycles. The van der Waals surface area contributed by atoms with E-state index >= 15 is 0 Å². The van der Waals surface area contributed by atoms with Gasteiger partial charge in [0.2, 0.25) is 5.91 Å². The van der Waals surface area contributed by atoms with E-state index in [0.29, 0.717) is 23.6 Å². The lowest BCUT2D eigenvalue weighted by Gasteiger charge is -2.13. The number of benzene rings is 3. The van der Waals surface area contributed by atoms with Gasteiger partial charge in [-0.3, -0.25) is 19.3 Å². The number of nitrogens with zero attached hydrogens (tertiary/aromatic N) is 1. The molecule has 6 nitrogen and oxygen atoms in total. The van der Waals surface area contributed by atoms with Crippen molar-refractivity contribution in [3.05, 3.63) is 97.5 Å². The molecule has 10 heteroatoms. The van der Waals surface area contributed by atoms with Crippen molar-refractivity contribution >= 4 is 72.4 Å². The van der Waals surface area contributed by atoms with Crippen LogP contribution in [0.3, 0.4) is 0 Å². The Labute approximate surface area is 221 Å². The van der Waals surface area contributed by atoms with Gasteiger partial charge in [-0.25, -0.2) is 4.39 Å². The number of hydrogen-bond donors (Lipinski definition) is 1. The van der Waals surface area contributed by atoms with Gasteiger partial charge in [0.1, 0.15) is 24.7 Å². The van der Waals surface area contributed by atoms with Crippen LogP contribution >= 0.6 is 43.6 Å². The number of anilines is 1. The third kappa shape index (κ3) is 6.59. The molecule has 3 aromatic rings. The summed E-state index contributed by atoms with van der Waals surface area (Å²) in [5.41, 5.74) is 1.94. The summed E-state index contributed by atoms with van der Waals surface area (Å²) in [7, 11) is 0. The summed E-state index contributed by atoms with van der Waals surface area (Å²) in [6, 6.07) is 18.3. The summed E-state index contributed by atoms with van der Waals surface area (Å²) >= 11 is 7.57. The van der Waals surface area contributed by atoms with Crippen LogP contribution in [-0.4, -0.2) is 28.5 Å². The Morgan fingerprint density at radius 3 is 2.40 bits per heavy atom. The summed E-state index contributed by atoms with van der Waals surface area (Å²) < 4.78 is 20.8. The van der Waals surface area contributed by atoms with Crippen molar-refractivity contribution in [2.75, 3.05) is 11.9 Å². The Bertz CT molecular complexity index is 1310. The predicted octanol–water partition coefficient (Wildman–Crippen LogP) is 6.60. The Hall–Kier alpha value is -2.95. The van der Waals surface area contributed by atoms with Gasteiger partial charge in [-0.2, -0.15) is 0 Å². The largest absolute Gasteiger partial charge is 0.488 e. The maximum atomic E-state index is 13.0. The number of imide groups is 1. The van der Waals surface area contributed by atoms with Gasteiger partial charge in [-0.05, 0) is 78.0 Å². The molecule has 0 saturated carbocycles. The molecule has 0 aromatic heterocycles. The lowest BCUT2D eigenvalue weighted by atomic mass is 10.1. The average molecular weight is 620 g/mol. The molecule has 4 rings (SSSR count). The highest BCUT2D eigenvalue weighted by Crippen LogP contribution is 2.35. The second kappa shape index (κ2) is 11.2. The summed E-state index contributed by atoms with van der Waals surface area (Å²) in [6.07, 6.45) is 1.57. The molecule has 35 heavy (non-hydrogen) atoms. The summed E-state index contributed by atoms with van der Waals surface area (Å²) in [6.45, 7) is -0.133. The third-order valence-corrected chi connectivity index (χ3v) is 6.80. The molecule has 1 aliphatic rings. The zero-order valence-corrected chi connectivity index (χ0v) is 22.0. The van der Waals surface area contributed by atoms with Gasteiger partial charge >= 0.3 is 0 Å². The quantitative estimate of drug-likeness (QED) is 0.301. The number of thioether (sulfide) groups is 1. The molecule has 178 valence electrons.